The fourth-order valence-electron chi connectivity index (χ4n) is 8.55. The lowest BCUT2D eigenvalue weighted by Gasteiger charge is -2.39. The summed E-state index contributed by atoms with van der Waals surface area (Å²) in [5.74, 6) is -0.640. The Labute approximate surface area is 373 Å². The van der Waals surface area contributed by atoms with Crippen LogP contribution in [0.15, 0.2) is 89.6 Å². The topological polar surface area (TPSA) is 172 Å². The Hall–Kier alpha value is -5.69. The van der Waals surface area contributed by atoms with E-state index in [1.54, 1.807) is 24.4 Å². The van der Waals surface area contributed by atoms with Gasteiger partial charge in [-0.2, -0.15) is 13.2 Å². The number of carbonyl (C=O) groups excluding carboxylic acids is 1. The third-order valence-corrected chi connectivity index (χ3v) is 13.7. The molecule has 1 amide bonds. The van der Waals surface area contributed by atoms with Gasteiger partial charge in [0.25, 0.3) is 21.6 Å². The summed E-state index contributed by atoms with van der Waals surface area (Å²) in [5.41, 5.74) is 2.58. The van der Waals surface area contributed by atoms with Crippen molar-refractivity contribution in [1.29, 1.82) is 0 Å². The molecule has 0 radical (unpaired) electrons. The number of halogens is 4. The van der Waals surface area contributed by atoms with Gasteiger partial charge in [-0.1, -0.05) is 43.2 Å². The van der Waals surface area contributed by atoms with Gasteiger partial charge in [-0.15, -0.1) is 0 Å². The first-order valence-corrected chi connectivity index (χ1v) is 22.8. The van der Waals surface area contributed by atoms with Crippen molar-refractivity contribution in [1.82, 2.24) is 19.6 Å². The van der Waals surface area contributed by atoms with Crippen LogP contribution in [0.2, 0.25) is 5.02 Å². The molecule has 0 spiro atoms. The molecular weight excluding hydrogens is 875 g/mol. The van der Waals surface area contributed by atoms with E-state index in [2.05, 4.69) is 38.8 Å². The van der Waals surface area contributed by atoms with Crippen LogP contribution in [0.3, 0.4) is 0 Å². The number of nitro groups is 1. The number of nitro benzene ring substituents is 1. The second-order valence-electron chi connectivity index (χ2n) is 17.1. The maximum absolute atomic E-state index is 14.1. The molecule has 3 N–H and O–H groups in total. The molecular formula is C45H47ClF3N7O7S. The molecule has 5 aromatic rings. The van der Waals surface area contributed by atoms with E-state index in [1.807, 2.05) is 11.0 Å². The quantitative estimate of drug-likeness (QED) is 0.0804. The first kappa shape index (κ1) is 44.9. The average molecular weight is 922 g/mol. The maximum Gasteiger partial charge on any atom is 0.416 e. The molecule has 2 saturated heterocycles. The number of piperazine rings is 1. The number of aromatic nitrogens is 2. The number of anilines is 2. The average Bonchev–Trinajstić information content (AvgIpc) is 3.73. The van der Waals surface area contributed by atoms with Gasteiger partial charge >= 0.3 is 6.18 Å². The lowest BCUT2D eigenvalue weighted by molar-refractivity contribution is -0.384. The highest BCUT2D eigenvalue weighted by Gasteiger charge is 2.34. The molecule has 2 aliphatic heterocycles. The molecule has 0 bridgehead atoms. The smallest absolute Gasteiger partial charge is 0.416 e. The van der Waals surface area contributed by atoms with E-state index in [0.29, 0.717) is 87.8 Å². The minimum absolute atomic E-state index is 0.0670. The second-order valence-corrected chi connectivity index (χ2v) is 19.2. The lowest BCUT2D eigenvalue weighted by atomic mass is 9.72. The number of aromatic amines is 1. The van der Waals surface area contributed by atoms with Crippen LogP contribution in [-0.2, 0) is 20.9 Å². The molecule has 0 atom stereocenters. The number of hydrogen-bond acceptors (Lipinski definition) is 11. The van der Waals surface area contributed by atoms with E-state index in [4.69, 9.17) is 21.1 Å². The third kappa shape index (κ3) is 9.99. The van der Waals surface area contributed by atoms with Crippen molar-refractivity contribution in [2.45, 2.75) is 63.1 Å². The van der Waals surface area contributed by atoms with Crippen molar-refractivity contribution < 1.29 is 40.8 Å². The molecule has 0 saturated carbocycles. The van der Waals surface area contributed by atoms with Crippen molar-refractivity contribution in [2.75, 3.05) is 56.2 Å². The summed E-state index contributed by atoms with van der Waals surface area (Å²) in [5, 5.41) is 16.0. The van der Waals surface area contributed by atoms with Crippen molar-refractivity contribution in [2.24, 2.45) is 5.41 Å². The van der Waals surface area contributed by atoms with Crippen LogP contribution >= 0.6 is 11.6 Å². The van der Waals surface area contributed by atoms with E-state index in [0.717, 1.165) is 47.6 Å². The van der Waals surface area contributed by atoms with Gasteiger partial charge < -0.3 is 24.7 Å². The van der Waals surface area contributed by atoms with Gasteiger partial charge in [0.15, 0.2) is 5.75 Å². The Morgan fingerprint density at radius 1 is 1.06 bits per heavy atom. The Balaban J connectivity index is 1.05. The van der Waals surface area contributed by atoms with Crippen LogP contribution < -0.4 is 19.7 Å². The van der Waals surface area contributed by atoms with Crippen LogP contribution in [0.4, 0.5) is 30.2 Å². The molecule has 4 heterocycles. The number of H-pyrrole nitrogens is 1. The summed E-state index contributed by atoms with van der Waals surface area (Å²) in [6, 6.07) is 15.3. The largest absolute Gasteiger partial charge is 0.453 e. The number of alkyl halides is 3. The number of allylic oxidation sites excluding steroid dienone is 1. The first-order valence-electron chi connectivity index (χ1n) is 20.9. The zero-order valence-corrected chi connectivity index (χ0v) is 36.7. The van der Waals surface area contributed by atoms with Gasteiger partial charge in [0.2, 0.25) is 0 Å². The normalized spacial score (nSPS) is 17.7. The molecule has 64 heavy (non-hydrogen) atoms. The number of amides is 1. The van der Waals surface area contributed by atoms with Crippen molar-refractivity contribution in [3.63, 3.8) is 0 Å². The number of pyridine rings is 1. The number of rotatable bonds is 12. The number of fused-ring (bicyclic) bond motifs is 1. The van der Waals surface area contributed by atoms with Gasteiger partial charge in [-0.25, -0.2) is 18.1 Å². The summed E-state index contributed by atoms with van der Waals surface area (Å²) in [7, 11) is -4.63. The van der Waals surface area contributed by atoms with Gasteiger partial charge in [0.1, 0.15) is 17.1 Å². The fourth-order valence-corrected chi connectivity index (χ4v) is 9.83. The minimum atomic E-state index is -4.63. The molecule has 8 rings (SSSR count). The third-order valence-electron chi connectivity index (χ3n) is 12.1. The highest BCUT2D eigenvalue weighted by Crippen LogP contribution is 2.46. The van der Waals surface area contributed by atoms with E-state index in [1.165, 1.54) is 30.5 Å². The van der Waals surface area contributed by atoms with E-state index < -0.39 is 43.2 Å². The Kier molecular flexibility index (Phi) is 12.7. The van der Waals surface area contributed by atoms with Crippen LogP contribution in [0.1, 0.15) is 67.4 Å². The number of sulfonamides is 1. The molecule has 0 unspecified atom stereocenters. The van der Waals surface area contributed by atoms with E-state index in [-0.39, 0.29) is 33.5 Å². The SMILES string of the molecule is CC1(C)CCC(CN2CCN(c3cccc(C(=O)NS(=O)(=O)c4ccc(NC5CCOCC5)c([N+](=O)[O-])c4)c3Oc3cnc4[nH]ccc4c3)CC2)=C(c2ccc(C(F)(F)F)cc2Cl)C1. The standard InChI is InChI=1S/C45H47ClF3N7O7S/c1-44(2)14-10-29(36(25-44)34-8-6-30(23-37(34)46)45(47,48)49)27-54-16-18-55(19-17-54)39-5-3-4-35(41(39)63-32-22-28-11-15-50-42(28)51-26-32)43(57)53-64(60,61)33-7-9-38(40(24-33)56(58)59)52-31-12-20-62-21-13-31/h3-9,11,15,22-24,26,31,52H,10,12-14,16-21,25,27H2,1-2H3,(H,50,51)(H,53,57). The molecule has 338 valence electrons. The van der Waals surface area contributed by atoms with Gasteiger partial charge in [-0.05, 0) is 97.2 Å². The van der Waals surface area contributed by atoms with E-state index in [9.17, 15) is 36.5 Å². The monoisotopic (exact) mass is 921 g/mol. The Morgan fingerprint density at radius 2 is 1.83 bits per heavy atom. The number of para-hydroxylation sites is 1. The van der Waals surface area contributed by atoms with Gasteiger partial charge in [0, 0.05) is 74.7 Å². The van der Waals surface area contributed by atoms with Gasteiger partial charge in [0.05, 0.1) is 32.8 Å². The molecule has 2 fully saturated rings. The van der Waals surface area contributed by atoms with Crippen molar-refractivity contribution in [3.8, 4) is 11.5 Å². The number of carbonyl (C=O) groups is 1. The molecule has 1 aliphatic carbocycles. The molecule has 3 aliphatic rings. The fraction of sp³-hybridized carbons (Fsp3) is 0.378. The molecule has 3 aromatic carbocycles. The molecule has 14 nitrogen and oxygen atoms in total. The van der Waals surface area contributed by atoms with Crippen molar-refractivity contribution in [3.05, 3.63) is 117 Å². The minimum Gasteiger partial charge on any atom is -0.453 e. The van der Waals surface area contributed by atoms with Crippen LogP contribution in [0.25, 0.3) is 16.6 Å². The van der Waals surface area contributed by atoms with Crippen LogP contribution in [-0.4, -0.2) is 86.1 Å². The Morgan fingerprint density at radius 3 is 2.55 bits per heavy atom. The summed E-state index contributed by atoms with van der Waals surface area (Å²) in [6.45, 7) is 8.02. The number of nitrogens with one attached hydrogen (secondary N) is 3. The molecule has 2 aromatic heterocycles. The Bertz CT molecular complexity index is 2730. The highest BCUT2D eigenvalue weighted by atomic mass is 35.5. The van der Waals surface area contributed by atoms with Crippen LogP contribution in [0, 0.1) is 15.5 Å². The predicted molar refractivity (Wildman–Crippen MR) is 237 cm³/mol. The second kappa shape index (κ2) is 18.1. The number of nitrogens with zero attached hydrogens (tertiary/aromatic N) is 4. The predicted octanol–water partition coefficient (Wildman–Crippen LogP) is 9.43. The first-order chi connectivity index (χ1) is 30.4. The summed E-state index contributed by atoms with van der Waals surface area (Å²) >= 11 is 6.54. The summed E-state index contributed by atoms with van der Waals surface area (Å²) in [4.78, 5) is 36.8. The summed E-state index contributed by atoms with van der Waals surface area (Å²) in [6.07, 6.45) is 2.30. The van der Waals surface area contributed by atoms with Crippen molar-refractivity contribution >= 4 is 61.2 Å². The summed E-state index contributed by atoms with van der Waals surface area (Å²) < 4.78 is 82.0. The maximum atomic E-state index is 14.1. The zero-order chi connectivity index (χ0) is 45.4. The number of ether oxygens (including phenoxy) is 2. The lowest BCUT2D eigenvalue weighted by Crippen LogP contribution is -2.47. The van der Waals surface area contributed by atoms with E-state index >= 15 is 0 Å². The number of hydrogen-bond donors (Lipinski definition) is 3. The highest BCUT2D eigenvalue weighted by molar-refractivity contribution is 7.90. The zero-order valence-electron chi connectivity index (χ0n) is 35.1. The number of benzene rings is 3. The van der Waals surface area contributed by atoms with Crippen LogP contribution in [0.5, 0.6) is 11.5 Å². The van der Waals surface area contributed by atoms with Gasteiger partial charge in [-0.3, -0.25) is 19.8 Å². The molecule has 19 heteroatoms.